The third-order valence-corrected chi connectivity index (χ3v) is 3.03. The van der Waals surface area contributed by atoms with Crippen LogP contribution in [0.4, 0.5) is 5.69 Å². The number of hydrogen-bond acceptors (Lipinski definition) is 3. The van der Waals surface area contributed by atoms with Crippen molar-refractivity contribution in [2.75, 3.05) is 18.0 Å². The summed E-state index contributed by atoms with van der Waals surface area (Å²) in [6, 6.07) is 5.67. The molecule has 1 aromatic carbocycles. The van der Waals surface area contributed by atoms with Crippen LogP contribution in [0.25, 0.3) is 0 Å². The molecule has 86 valence electrons. The molecule has 1 aliphatic rings. The third kappa shape index (κ3) is 2.02. The monoisotopic (exact) mass is 220 g/mol. The van der Waals surface area contributed by atoms with Crippen molar-refractivity contribution in [1.29, 1.82) is 0 Å². The molecular formula is C12H16N2O2. The van der Waals surface area contributed by atoms with Gasteiger partial charge in [-0.3, -0.25) is 0 Å². The quantitative estimate of drug-likeness (QED) is 0.786. The van der Waals surface area contributed by atoms with E-state index in [1.165, 1.54) is 0 Å². The fourth-order valence-electron chi connectivity index (χ4n) is 2.11. The van der Waals surface area contributed by atoms with Gasteiger partial charge in [-0.25, -0.2) is 4.79 Å². The maximum atomic E-state index is 10.9. The van der Waals surface area contributed by atoms with Gasteiger partial charge in [0.15, 0.2) is 0 Å². The van der Waals surface area contributed by atoms with E-state index in [2.05, 4.69) is 4.90 Å². The number of hydrogen-bond donors (Lipinski definition) is 2. The second-order valence-corrected chi connectivity index (χ2v) is 4.30. The Bertz CT molecular complexity index is 417. The zero-order chi connectivity index (χ0) is 11.7. The molecule has 1 fully saturated rings. The van der Waals surface area contributed by atoms with Crippen molar-refractivity contribution in [3.05, 3.63) is 29.3 Å². The standard InChI is InChI=1S/C12H16N2O2/c1-8-6-10(2-3-11(8)12(15)16)14-5-4-9(13)7-14/h2-3,6,9H,4-5,7,13H2,1H3,(H,15,16). The number of nitrogens with zero attached hydrogens (tertiary/aromatic N) is 1. The van der Waals surface area contributed by atoms with E-state index in [9.17, 15) is 4.79 Å². The van der Waals surface area contributed by atoms with Crippen LogP contribution in [0.2, 0.25) is 0 Å². The van der Waals surface area contributed by atoms with Gasteiger partial charge in [0, 0.05) is 24.8 Å². The molecule has 0 aliphatic carbocycles. The Kier molecular flexibility index (Phi) is 2.83. The van der Waals surface area contributed by atoms with E-state index < -0.39 is 5.97 Å². The number of nitrogens with two attached hydrogens (primary N) is 1. The summed E-state index contributed by atoms with van der Waals surface area (Å²) in [6.07, 6.45) is 1.000. The van der Waals surface area contributed by atoms with Gasteiger partial charge >= 0.3 is 5.97 Å². The topological polar surface area (TPSA) is 66.6 Å². The van der Waals surface area contributed by atoms with E-state index in [0.717, 1.165) is 30.8 Å². The average molecular weight is 220 g/mol. The Morgan fingerprint density at radius 1 is 1.56 bits per heavy atom. The van der Waals surface area contributed by atoms with Crippen molar-refractivity contribution in [3.63, 3.8) is 0 Å². The molecule has 1 aliphatic heterocycles. The van der Waals surface area contributed by atoms with Crippen LogP contribution in [0.1, 0.15) is 22.3 Å². The lowest BCUT2D eigenvalue weighted by atomic mass is 10.1. The molecule has 0 saturated carbocycles. The highest BCUT2D eigenvalue weighted by Crippen LogP contribution is 2.22. The number of rotatable bonds is 2. The summed E-state index contributed by atoms with van der Waals surface area (Å²) in [5.41, 5.74) is 8.07. The van der Waals surface area contributed by atoms with Gasteiger partial charge in [0.2, 0.25) is 0 Å². The predicted octanol–water partition coefficient (Wildman–Crippen LogP) is 1.23. The lowest BCUT2D eigenvalue weighted by molar-refractivity contribution is 0.0696. The Balaban J connectivity index is 2.24. The molecule has 4 nitrogen and oxygen atoms in total. The number of carboxylic acid groups (broad SMARTS) is 1. The number of benzene rings is 1. The van der Waals surface area contributed by atoms with E-state index >= 15 is 0 Å². The van der Waals surface area contributed by atoms with Gasteiger partial charge in [-0.15, -0.1) is 0 Å². The minimum atomic E-state index is -0.873. The summed E-state index contributed by atoms with van der Waals surface area (Å²) in [7, 11) is 0. The van der Waals surface area contributed by atoms with Crippen LogP contribution >= 0.6 is 0 Å². The van der Waals surface area contributed by atoms with E-state index in [1.54, 1.807) is 6.07 Å². The lowest BCUT2D eigenvalue weighted by Crippen LogP contribution is -2.26. The van der Waals surface area contributed by atoms with Crippen molar-refractivity contribution >= 4 is 11.7 Å². The Labute approximate surface area is 94.7 Å². The van der Waals surface area contributed by atoms with E-state index in [1.807, 2.05) is 19.1 Å². The molecule has 1 aromatic rings. The Morgan fingerprint density at radius 2 is 2.31 bits per heavy atom. The van der Waals surface area contributed by atoms with Gasteiger partial charge in [-0.1, -0.05) is 0 Å². The first-order valence-corrected chi connectivity index (χ1v) is 5.42. The summed E-state index contributed by atoms with van der Waals surface area (Å²) >= 11 is 0. The third-order valence-electron chi connectivity index (χ3n) is 3.03. The summed E-state index contributed by atoms with van der Waals surface area (Å²) < 4.78 is 0. The van der Waals surface area contributed by atoms with Crippen LogP contribution < -0.4 is 10.6 Å². The first-order valence-electron chi connectivity index (χ1n) is 5.42. The molecule has 3 N–H and O–H groups in total. The predicted molar refractivity (Wildman–Crippen MR) is 62.9 cm³/mol. The molecule has 0 amide bonds. The van der Waals surface area contributed by atoms with Crippen LogP contribution in [0, 0.1) is 6.92 Å². The normalized spacial score (nSPS) is 20.1. The smallest absolute Gasteiger partial charge is 0.335 e. The molecule has 4 heteroatoms. The second-order valence-electron chi connectivity index (χ2n) is 4.30. The number of anilines is 1. The summed E-state index contributed by atoms with van der Waals surface area (Å²) in [5.74, 6) is -0.873. The average Bonchev–Trinajstić information content (AvgIpc) is 2.64. The molecule has 16 heavy (non-hydrogen) atoms. The minimum Gasteiger partial charge on any atom is -0.478 e. The second kappa shape index (κ2) is 4.14. The number of carboxylic acids is 1. The van der Waals surface area contributed by atoms with Crippen molar-refractivity contribution in [1.82, 2.24) is 0 Å². The van der Waals surface area contributed by atoms with Gasteiger partial charge in [0.25, 0.3) is 0 Å². The molecule has 1 unspecified atom stereocenters. The molecule has 0 bridgehead atoms. The maximum absolute atomic E-state index is 10.9. The largest absolute Gasteiger partial charge is 0.478 e. The van der Waals surface area contributed by atoms with E-state index in [-0.39, 0.29) is 6.04 Å². The van der Waals surface area contributed by atoms with Gasteiger partial charge in [0.05, 0.1) is 5.56 Å². The molecule has 1 saturated heterocycles. The zero-order valence-electron chi connectivity index (χ0n) is 9.31. The zero-order valence-corrected chi connectivity index (χ0v) is 9.31. The lowest BCUT2D eigenvalue weighted by Gasteiger charge is -2.19. The highest BCUT2D eigenvalue weighted by Gasteiger charge is 2.20. The fourth-order valence-corrected chi connectivity index (χ4v) is 2.11. The van der Waals surface area contributed by atoms with Crippen LogP contribution in [0.3, 0.4) is 0 Å². The molecular weight excluding hydrogens is 204 g/mol. The minimum absolute atomic E-state index is 0.236. The molecule has 1 atom stereocenters. The Hall–Kier alpha value is -1.55. The van der Waals surface area contributed by atoms with Gasteiger partial charge in [-0.05, 0) is 37.1 Å². The molecule has 1 heterocycles. The number of aromatic carboxylic acids is 1. The number of carbonyl (C=O) groups is 1. The van der Waals surface area contributed by atoms with Crippen LogP contribution in [-0.4, -0.2) is 30.2 Å². The summed E-state index contributed by atoms with van der Waals surface area (Å²) in [4.78, 5) is 13.1. The van der Waals surface area contributed by atoms with Gasteiger partial charge in [-0.2, -0.15) is 0 Å². The van der Waals surface area contributed by atoms with E-state index in [0.29, 0.717) is 5.56 Å². The first-order chi connectivity index (χ1) is 7.58. The molecule has 2 rings (SSSR count). The van der Waals surface area contributed by atoms with Crippen molar-refractivity contribution in [3.8, 4) is 0 Å². The van der Waals surface area contributed by atoms with Crippen molar-refractivity contribution < 1.29 is 9.90 Å². The first kappa shape index (κ1) is 11.0. The summed E-state index contributed by atoms with van der Waals surface area (Å²) in [5, 5.41) is 8.93. The van der Waals surface area contributed by atoms with Gasteiger partial charge < -0.3 is 15.7 Å². The van der Waals surface area contributed by atoms with Gasteiger partial charge in [0.1, 0.15) is 0 Å². The van der Waals surface area contributed by atoms with Crippen molar-refractivity contribution in [2.24, 2.45) is 5.73 Å². The Morgan fingerprint density at radius 3 is 2.81 bits per heavy atom. The maximum Gasteiger partial charge on any atom is 0.335 e. The highest BCUT2D eigenvalue weighted by molar-refractivity contribution is 5.89. The van der Waals surface area contributed by atoms with Crippen LogP contribution in [0.5, 0.6) is 0 Å². The molecule has 0 spiro atoms. The molecule has 0 radical (unpaired) electrons. The van der Waals surface area contributed by atoms with E-state index in [4.69, 9.17) is 10.8 Å². The van der Waals surface area contributed by atoms with Crippen LogP contribution in [0.15, 0.2) is 18.2 Å². The highest BCUT2D eigenvalue weighted by atomic mass is 16.4. The summed E-state index contributed by atoms with van der Waals surface area (Å²) in [6.45, 7) is 3.63. The molecule has 0 aromatic heterocycles. The SMILES string of the molecule is Cc1cc(N2CCC(N)C2)ccc1C(=O)O. The number of aryl methyl sites for hydroxylation is 1. The van der Waals surface area contributed by atoms with Crippen LogP contribution in [-0.2, 0) is 0 Å². The fraction of sp³-hybridized carbons (Fsp3) is 0.417. The van der Waals surface area contributed by atoms with Crippen molar-refractivity contribution in [2.45, 2.75) is 19.4 Å².